The summed E-state index contributed by atoms with van der Waals surface area (Å²) in [6, 6.07) is 7.27. The lowest BCUT2D eigenvalue weighted by atomic mass is 10.1. The Morgan fingerprint density at radius 1 is 1.17 bits per heavy atom. The van der Waals surface area contributed by atoms with Gasteiger partial charge in [0.25, 0.3) is 0 Å². The van der Waals surface area contributed by atoms with E-state index in [1.165, 1.54) is 0 Å². The van der Waals surface area contributed by atoms with Gasteiger partial charge in [-0.1, -0.05) is 23.7 Å². The average Bonchev–Trinajstić information content (AvgIpc) is 2.30. The highest BCUT2D eigenvalue weighted by Crippen LogP contribution is 2.34. The highest BCUT2D eigenvalue weighted by atomic mass is 35.5. The van der Waals surface area contributed by atoms with Crippen molar-refractivity contribution in [3.8, 4) is 0 Å². The molecule has 1 aromatic carbocycles. The molecule has 0 saturated heterocycles. The molecule has 1 atom stereocenters. The molecule has 2 N–H and O–H groups in total. The van der Waals surface area contributed by atoms with Gasteiger partial charge in [0.15, 0.2) is 5.82 Å². The van der Waals surface area contributed by atoms with Gasteiger partial charge in [-0.3, -0.25) is 0 Å². The Kier molecular flexibility index (Phi) is 3.73. The van der Waals surface area contributed by atoms with Crippen molar-refractivity contribution < 1.29 is 0 Å². The second-order valence-electron chi connectivity index (χ2n) is 4.11. The molecule has 0 bridgehead atoms. The van der Waals surface area contributed by atoms with E-state index in [0.717, 1.165) is 17.0 Å². The molecule has 1 aromatic heterocycles. The first-order valence-electron chi connectivity index (χ1n) is 5.49. The quantitative estimate of drug-likeness (QED) is 0.675. The van der Waals surface area contributed by atoms with Gasteiger partial charge in [0.1, 0.15) is 5.38 Å². The van der Waals surface area contributed by atoms with Crippen molar-refractivity contribution in [1.29, 1.82) is 0 Å². The summed E-state index contributed by atoms with van der Waals surface area (Å²) in [6.45, 7) is 3.81. The van der Waals surface area contributed by atoms with Crippen LogP contribution in [0.4, 0.5) is 5.69 Å². The number of nitrogens with zero attached hydrogens (tertiary/aromatic N) is 2. The Balaban J connectivity index is 2.47. The first-order chi connectivity index (χ1) is 8.49. The molecule has 18 heavy (non-hydrogen) atoms. The minimum absolute atomic E-state index is 0.474. The maximum absolute atomic E-state index is 6.39. The Morgan fingerprint density at radius 2 is 1.78 bits per heavy atom. The zero-order valence-corrected chi connectivity index (χ0v) is 11.6. The second kappa shape index (κ2) is 5.12. The number of aromatic nitrogens is 2. The summed E-state index contributed by atoms with van der Waals surface area (Å²) in [4.78, 5) is 8.68. The summed E-state index contributed by atoms with van der Waals surface area (Å²) in [5.41, 5.74) is 8.89. The van der Waals surface area contributed by atoms with Crippen molar-refractivity contribution in [2.24, 2.45) is 0 Å². The molecule has 2 rings (SSSR count). The fraction of sp³-hybridized carbons (Fsp3) is 0.231. The highest BCUT2D eigenvalue weighted by Gasteiger charge is 2.18. The highest BCUT2D eigenvalue weighted by molar-refractivity contribution is 6.33. The zero-order valence-electron chi connectivity index (χ0n) is 10.1. The van der Waals surface area contributed by atoms with Crippen molar-refractivity contribution in [2.75, 3.05) is 5.73 Å². The first kappa shape index (κ1) is 13.1. The zero-order chi connectivity index (χ0) is 13.3. The summed E-state index contributed by atoms with van der Waals surface area (Å²) in [7, 11) is 0. The van der Waals surface area contributed by atoms with Gasteiger partial charge in [-0.2, -0.15) is 0 Å². The van der Waals surface area contributed by atoms with Gasteiger partial charge >= 0.3 is 0 Å². The smallest absolute Gasteiger partial charge is 0.151 e. The molecule has 1 unspecified atom stereocenters. The van der Waals surface area contributed by atoms with Crippen LogP contribution in [0.3, 0.4) is 0 Å². The number of para-hydroxylation sites is 1. The van der Waals surface area contributed by atoms with Crippen LogP contribution in [0.5, 0.6) is 0 Å². The standard InChI is InChI=1S/C13H13Cl2N3/c1-7-6-8(2)18-13(17-7)11(15)9-4-3-5-10(14)12(9)16/h3-6,11H,16H2,1-2H3. The SMILES string of the molecule is Cc1cc(C)nc(C(Cl)c2cccc(Cl)c2N)n1. The summed E-state index contributed by atoms with van der Waals surface area (Å²) in [5, 5.41) is -0.00942. The Morgan fingerprint density at radius 3 is 2.39 bits per heavy atom. The molecule has 0 fully saturated rings. The molecule has 94 valence electrons. The molecule has 1 heterocycles. The maximum atomic E-state index is 6.39. The molecule has 3 nitrogen and oxygen atoms in total. The minimum atomic E-state index is -0.498. The van der Waals surface area contributed by atoms with Crippen molar-refractivity contribution in [1.82, 2.24) is 9.97 Å². The third-order valence-electron chi connectivity index (χ3n) is 2.59. The number of nitrogens with two attached hydrogens (primary N) is 1. The summed E-state index contributed by atoms with van der Waals surface area (Å²) < 4.78 is 0. The maximum Gasteiger partial charge on any atom is 0.151 e. The molecule has 0 aliphatic rings. The van der Waals surface area contributed by atoms with E-state index < -0.39 is 5.38 Å². The number of rotatable bonds is 2. The minimum Gasteiger partial charge on any atom is -0.397 e. The van der Waals surface area contributed by atoms with Crippen LogP contribution in [0, 0.1) is 13.8 Å². The van der Waals surface area contributed by atoms with Gasteiger partial charge in [-0.05, 0) is 26.0 Å². The van der Waals surface area contributed by atoms with Crippen molar-refractivity contribution in [2.45, 2.75) is 19.2 Å². The second-order valence-corrected chi connectivity index (χ2v) is 4.96. The van der Waals surface area contributed by atoms with Crippen LogP contribution in [0.1, 0.15) is 28.2 Å². The fourth-order valence-electron chi connectivity index (χ4n) is 1.78. The van der Waals surface area contributed by atoms with E-state index in [1.54, 1.807) is 6.07 Å². The van der Waals surface area contributed by atoms with Crippen LogP contribution in [-0.2, 0) is 0 Å². The summed E-state index contributed by atoms with van der Waals surface area (Å²) in [5.74, 6) is 0.545. The summed E-state index contributed by atoms with van der Waals surface area (Å²) in [6.07, 6.45) is 0. The Labute approximate surface area is 116 Å². The molecular weight excluding hydrogens is 269 g/mol. The Bertz CT molecular complexity index is 564. The van der Waals surface area contributed by atoms with Gasteiger partial charge in [0.2, 0.25) is 0 Å². The van der Waals surface area contributed by atoms with Crippen LogP contribution < -0.4 is 5.73 Å². The predicted octanol–water partition coefficient (Wildman–Crippen LogP) is 3.66. The van der Waals surface area contributed by atoms with E-state index in [-0.39, 0.29) is 0 Å². The monoisotopic (exact) mass is 281 g/mol. The van der Waals surface area contributed by atoms with Crippen LogP contribution in [-0.4, -0.2) is 9.97 Å². The normalized spacial score (nSPS) is 12.4. The van der Waals surface area contributed by atoms with E-state index >= 15 is 0 Å². The van der Waals surface area contributed by atoms with Crippen LogP contribution >= 0.6 is 23.2 Å². The van der Waals surface area contributed by atoms with Crippen LogP contribution in [0.25, 0.3) is 0 Å². The van der Waals surface area contributed by atoms with E-state index in [1.807, 2.05) is 32.0 Å². The lowest BCUT2D eigenvalue weighted by Crippen LogP contribution is -2.06. The molecule has 2 aromatic rings. The van der Waals surface area contributed by atoms with Crippen molar-refractivity contribution in [3.63, 3.8) is 0 Å². The first-order valence-corrected chi connectivity index (χ1v) is 6.30. The van der Waals surface area contributed by atoms with Crippen LogP contribution in [0.15, 0.2) is 24.3 Å². The largest absolute Gasteiger partial charge is 0.397 e. The van der Waals surface area contributed by atoms with E-state index in [0.29, 0.717) is 16.5 Å². The predicted molar refractivity (Wildman–Crippen MR) is 75.1 cm³/mol. The van der Waals surface area contributed by atoms with Gasteiger partial charge < -0.3 is 5.73 Å². The molecule has 0 saturated carbocycles. The van der Waals surface area contributed by atoms with Gasteiger partial charge in [-0.15, -0.1) is 11.6 Å². The molecule has 0 spiro atoms. The number of nitrogen functional groups attached to an aromatic ring is 1. The van der Waals surface area contributed by atoms with Gasteiger partial charge in [0.05, 0.1) is 10.7 Å². The molecular formula is C13H13Cl2N3. The summed E-state index contributed by atoms with van der Waals surface area (Å²) >= 11 is 12.4. The lowest BCUT2D eigenvalue weighted by Gasteiger charge is -2.13. The number of aryl methyl sites for hydroxylation is 2. The lowest BCUT2D eigenvalue weighted by molar-refractivity contribution is 0.900. The number of anilines is 1. The third kappa shape index (κ3) is 2.57. The average molecular weight is 282 g/mol. The van der Waals surface area contributed by atoms with Gasteiger partial charge in [0, 0.05) is 17.0 Å². The van der Waals surface area contributed by atoms with E-state index in [4.69, 9.17) is 28.9 Å². The fourth-order valence-corrected chi connectivity index (χ4v) is 2.25. The Hall–Kier alpha value is -1.32. The van der Waals surface area contributed by atoms with Crippen molar-refractivity contribution >= 4 is 28.9 Å². The molecule has 0 amide bonds. The number of hydrogen-bond acceptors (Lipinski definition) is 3. The number of benzene rings is 1. The molecule has 0 aliphatic carbocycles. The molecule has 5 heteroatoms. The topological polar surface area (TPSA) is 51.8 Å². The molecule has 0 aliphatic heterocycles. The van der Waals surface area contributed by atoms with Gasteiger partial charge in [-0.25, -0.2) is 9.97 Å². The molecule has 0 radical (unpaired) electrons. The van der Waals surface area contributed by atoms with Crippen molar-refractivity contribution in [3.05, 3.63) is 52.1 Å². The number of hydrogen-bond donors (Lipinski definition) is 1. The van der Waals surface area contributed by atoms with Crippen LogP contribution in [0.2, 0.25) is 5.02 Å². The van der Waals surface area contributed by atoms with E-state index in [2.05, 4.69) is 9.97 Å². The van der Waals surface area contributed by atoms with E-state index in [9.17, 15) is 0 Å². The third-order valence-corrected chi connectivity index (χ3v) is 3.35. The number of halogens is 2. The number of alkyl halides is 1.